The highest BCUT2D eigenvalue weighted by Gasteiger charge is 2.24. The van der Waals surface area contributed by atoms with Gasteiger partial charge in [0.15, 0.2) is 0 Å². The first-order valence-electron chi connectivity index (χ1n) is 5.70. The Labute approximate surface area is 91.2 Å². The Kier molecular flexibility index (Phi) is 4.79. The van der Waals surface area contributed by atoms with Crippen LogP contribution in [0.2, 0.25) is 0 Å². The molecule has 0 aliphatic heterocycles. The molecule has 1 saturated carbocycles. The average Bonchev–Trinajstić information content (AvgIpc) is 2.26. The van der Waals surface area contributed by atoms with Crippen molar-refractivity contribution in [1.82, 2.24) is 0 Å². The van der Waals surface area contributed by atoms with Gasteiger partial charge in [-0.15, -0.1) is 0 Å². The number of ether oxygens (including phenoxy) is 1. The zero-order valence-corrected chi connectivity index (χ0v) is 9.62. The van der Waals surface area contributed by atoms with Gasteiger partial charge in [0.25, 0.3) is 0 Å². The Bertz CT molecular complexity index is 227. The molecule has 1 fully saturated rings. The van der Waals surface area contributed by atoms with Crippen LogP contribution >= 0.6 is 0 Å². The van der Waals surface area contributed by atoms with Crippen molar-refractivity contribution >= 4 is 11.8 Å². The van der Waals surface area contributed by atoms with E-state index in [0.717, 1.165) is 32.1 Å². The third kappa shape index (κ3) is 4.02. The molecule has 0 aromatic heterocycles. The first-order valence-corrected chi connectivity index (χ1v) is 5.70. The van der Waals surface area contributed by atoms with Gasteiger partial charge in [-0.25, -0.2) is 0 Å². The smallest absolute Gasteiger partial charge is 0.305 e. The summed E-state index contributed by atoms with van der Waals surface area (Å²) >= 11 is 0. The van der Waals surface area contributed by atoms with Gasteiger partial charge in [0.05, 0.1) is 7.11 Å². The number of rotatable bonds is 4. The Hall–Kier alpha value is -0.860. The van der Waals surface area contributed by atoms with Gasteiger partial charge in [-0.2, -0.15) is 0 Å². The number of hydrogen-bond acceptors (Lipinski definition) is 3. The zero-order valence-electron chi connectivity index (χ0n) is 9.62. The molecular weight excluding hydrogens is 192 g/mol. The van der Waals surface area contributed by atoms with Crippen LogP contribution in [0.3, 0.4) is 0 Å². The molecule has 0 heterocycles. The minimum atomic E-state index is -0.122. The van der Waals surface area contributed by atoms with Gasteiger partial charge in [-0.1, -0.05) is 0 Å². The molecule has 0 unspecified atom stereocenters. The Morgan fingerprint density at radius 1 is 1.20 bits per heavy atom. The Morgan fingerprint density at radius 2 is 1.80 bits per heavy atom. The molecule has 0 spiro atoms. The summed E-state index contributed by atoms with van der Waals surface area (Å²) < 4.78 is 4.61. The molecule has 3 heteroatoms. The van der Waals surface area contributed by atoms with Crippen LogP contribution in [0.4, 0.5) is 0 Å². The average molecular weight is 212 g/mol. The molecule has 0 radical (unpaired) electrons. The second kappa shape index (κ2) is 5.89. The number of ketones is 1. The molecule has 0 aromatic rings. The highest BCUT2D eigenvalue weighted by Crippen LogP contribution is 2.31. The van der Waals surface area contributed by atoms with Crippen LogP contribution in [-0.2, 0) is 14.3 Å². The van der Waals surface area contributed by atoms with Crippen LogP contribution in [0, 0.1) is 11.8 Å². The Morgan fingerprint density at radius 3 is 2.27 bits per heavy atom. The van der Waals surface area contributed by atoms with E-state index >= 15 is 0 Å². The fraction of sp³-hybridized carbons (Fsp3) is 0.833. The lowest BCUT2D eigenvalue weighted by Crippen LogP contribution is -2.20. The van der Waals surface area contributed by atoms with Crippen LogP contribution in [0.15, 0.2) is 0 Å². The molecular formula is C12H20O3. The molecule has 0 bridgehead atoms. The van der Waals surface area contributed by atoms with Gasteiger partial charge in [0.2, 0.25) is 0 Å². The van der Waals surface area contributed by atoms with Gasteiger partial charge in [0.1, 0.15) is 5.78 Å². The summed E-state index contributed by atoms with van der Waals surface area (Å²) in [7, 11) is 1.43. The second-order valence-electron chi connectivity index (χ2n) is 4.44. The number of methoxy groups -OCH3 is 1. The monoisotopic (exact) mass is 212 g/mol. The Balaban J connectivity index is 2.20. The van der Waals surface area contributed by atoms with Crippen molar-refractivity contribution in [3.05, 3.63) is 0 Å². The lowest BCUT2D eigenvalue weighted by Gasteiger charge is -2.26. The van der Waals surface area contributed by atoms with Crippen molar-refractivity contribution in [3.63, 3.8) is 0 Å². The number of carbonyl (C=O) groups excluding carboxylic acids is 2. The zero-order chi connectivity index (χ0) is 11.3. The number of carbonyl (C=O) groups is 2. The van der Waals surface area contributed by atoms with Crippen LogP contribution < -0.4 is 0 Å². The largest absolute Gasteiger partial charge is 0.469 e. The summed E-state index contributed by atoms with van der Waals surface area (Å²) in [5.74, 6) is 1.09. The highest BCUT2D eigenvalue weighted by atomic mass is 16.5. The van der Waals surface area contributed by atoms with Gasteiger partial charge in [-0.3, -0.25) is 9.59 Å². The molecule has 1 rings (SSSR count). The summed E-state index contributed by atoms with van der Waals surface area (Å²) in [6.45, 7) is 1.68. The quantitative estimate of drug-likeness (QED) is 0.672. The van der Waals surface area contributed by atoms with Gasteiger partial charge in [-0.05, 0) is 44.9 Å². The lowest BCUT2D eigenvalue weighted by molar-refractivity contribution is -0.141. The predicted molar refractivity (Wildman–Crippen MR) is 57.4 cm³/mol. The van der Waals surface area contributed by atoms with Gasteiger partial charge >= 0.3 is 5.97 Å². The van der Waals surface area contributed by atoms with Crippen molar-refractivity contribution in [2.45, 2.75) is 45.4 Å². The van der Waals surface area contributed by atoms with E-state index in [4.69, 9.17) is 0 Å². The molecule has 0 N–H and O–H groups in total. The topological polar surface area (TPSA) is 43.4 Å². The number of hydrogen-bond donors (Lipinski definition) is 0. The molecule has 15 heavy (non-hydrogen) atoms. The molecule has 86 valence electrons. The summed E-state index contributed by atoms with van der Waals surface area (Å²) in [5.41, 5.74) is 0. The molecule has 0 amide bonds. The fourth-order valence-electron chi connectivity index (χ4n) is 2.28. The van der Waals surface area contributed by atoms with Crippen LogP contribution in [0.1, 0.15) is 45.4 Å². The van der Waals surface area contributed by atoms with E-state index in [2.05, 4.69) is 4.74 Å². The van der Waals surface area contributed by atoms with Gasteiger partial charge < -0.3 is 4.74 Å². The normalized spacial score (nSPS) is 26.0. The highest BCUT2D eigenvalue weighted by molar-refractivity contribution is 5.78. The summed E-state index contributed by atoms with van der Waals surface area (Å²) in [5, 5.41) is 0. The standard InChI is InChI=1S/C12H20O3/c1-9(13)11-6-3-10(4-7-11)5-8-12(14)15-2/h10-11H,3-8H2,1-2H3. The molecule has 0 aromatic carbocycles. The van der Waals surface area contributed by atoms with Crippen molar-refractivity contribution in [3.8, 4) is 0 Å². The third-order valence-corrected chi connectivity index (χ3v) is 3.41. The van der Waals surface area contributed by atoms with E-state index in [1.807, 2.05) is 0 Å². The number of Topliss-reactive ketones (excluding diaryl/α,β-unsaturated/α-hetero) is 1. The molecule has 1 aliphatic carbocycles. The third-order valence-electron chi connectivity index (χ3n) is 3.41. The van der Waals surface area contributed by atoms with E-state index < -0.39 is 0 Å². The summed E-state index contributed by atoms with van der Waals surface area (Å²) in [4.78, 5) is 22.1. The van der Waals surface area contributed by atoms with Crippen molar-refractivity contribution in [1.29, 1.82) is 0 Å². The van der Waals surface area contributed by atoms with Crippen molar-refractivity contribution in [2.24, 2.45) is 11.8 Å². The van der Waals surface area contributed by atoms with E-state index in [-0.39, 0.29) is 11.9 Å². The maximum Gasteiger partial charge on any atom is 0.305 e. The van der Waals surface area contributed by atoms with Gasteiger partial charge in [0, 0.05) is 12.3 Å². The maximum atomic E-state index is 11.1. The summed E-state index contributed by atoms with van der Waals surface area (Å²) in [6.07, 6.45) is 5.61. The number of esters is 1. The molecule has 0 saturated heterocycles. The van der Waals surface area contributed by atoms with E-state index in [9.17, 15) is 9.59 Å². The lowest BCUT2D eigenvalue weighted by atomic mass is 9.78. The van der Waals surface area contributed by atoms with Crippen LogP contribution in [0.25, 0.3) is 0 Å². The van der Waals surface area contributed by atoms with Crippen molar-refractivity contribution < 1.29 is 14.3 Å². The fourth-order valence-corrected chi connectivity index (χ4v) is 2.28. The van der Waals surface area contributed by atoms with Crippen molar-refractivity contribution in [2.75, 3.05) is 7.11 Å². The summed E-state index contributed by atoms with van der Waals surface area (Å²) in [6, 6.07) is 0. The first kappa shape index (κ1) is 12.2. The molecule has 0 atom stereocenters. The minimum absolute atomic E-state index is 0.122. The van der Waals surface area contributed by atoms with E-state index in [0.29, 0.717) is 18.1 Å². The maximum absolute atomic E-state index is 11.1. The predicted octanol–water partition coefficient (Wildman–Crippen LogP) is 2.33. The van der Waals surface area contributed by atoms with E-state index in [1.165, 1.54) is 7.11 Å². The SMILES string of the molecule is COC(=O)CCC1CCC(C(C)=O)CC1. The first-order chi connectivity index (χ1) is 7.13. The molecule has 1 aliphatic rings. The van der Waals surface area contributed by atoms with Crippen LogP contribution in [0.5, 0.6) is 0 Å². The molecule has 3 nitrogen and oxygen atoms in total. The second-order valence-corrected chi connectivity index (χ2v) is 4.44. The minimum Gasteiger partial charge on any atom is -0.469 e. The van der Waals surface area contributed by atoms with E-state index in [1.54, 1.807) is 6.92 Å². The van der Waals surface area contributed by atoms with Crippen LogP contribution in [-0.4, -0.2) is 18.9 Å².